The van der Waals surface area contributed by atoms with Gasteiger partial charge >= 0.3 is 0 Å². The SMILES string of the molecule is Nc1nnn2c1C(c1ccccc1)(n1ccnc1)CCC2. The zero-order chi connectivity index (χ0) is 14.3. The highest BCUT2D eigenvalue weighted by Gasteiger charge is 2.43. The molecule has 1 aliphatic heterocycles. The molecule has 0 saturated heterocycles. The molecule has 4 rings (SSSR count). The molecule has 1 unspecified atom stereocenters. The number of rotatable bonds is 2. The first kappa shape index (κ1) is 12.1. The molecule has 6 heteroatoms. The van der Waals surface area contributed by atoms with Crippen LogP contribution in [0.2, 0.25) is 0 Å². The Morgan fingerprint density at radius 1 is 1.19 bits per heavy atom. The lowest BCUT2D eigenvalue weighted by Gasteiger charge is -2.39. The van der Waals surface area contributed by atoms with Gasteiger partial charge in [-0.3, -0.25) is 0 Å². The number of benzene rings is 1. The van der Waals surface area contributed by atoms with Gasteiger partial charge in [-0.1, -0.05) is 35.5 Å². The molecule has 1 atom stereocenters. The molecule has 3 aromatic rings. The molecule has 0 aliphatic carbocycles. The lowest BCUT2D eigenvalue weighted by atomic mass is 9.80. The second-order valence-corrected chi connectivity index (χ2v) is 5.35. The molecule has 0 saturated carbocycles. The Bertz CT molecular complexity index is 746. The number of anilines is 1. The Labute approximate surface area is 122 Å². The third-order valence-corrected chi connectivity index (χ3v) is 4.26. The van der Waals surface area contributed by atoms with Crippen LogP contribution in [-0.2, 0) is 12.1 Å². The number of hydrogen-bond acceptors (Lipinski definition) is 4. The van der Waals surface area contributed by atoms with Crippen LogP contribution in [0.15, 0.2) is 49.1 Å². The van der Waals surface area contributed by atoms with Crippen molar-refractivity contribution in [2.75, 3.05) is 5.73 Å². The van der Waals surface area contributed by atoms with Crippen molar-refractivity contribution in [1.29, 1.82) is 0 Å². The average Bonchev–Trinajstić information content (AvgIpc) is 3.19. The van der Waals surface area contributed by atoms with Gasteiger partial charge in [0.2, 0.25) is 0 Å². The number of hydrogen-bond donors (Lipinski definition) is 1. The summed E-state index contributed by atoms with van der Waals surface area (Å²) in [5, 5.41) is 8.28. The molecule has 0 bridgehead atoms. The summed E-state index contributed by atoms with van der Waals surface area (Å²) < 4.78 is 4.04. The summed E-state index contributed by atoms with van der Waals surface area (Å²) in [7, 11) is 0. The Balaban J connectivity index is 2.05. The maximum atomic E-state index is 6.15. The first-order valence-corrected chi connectivity index (χ1v) is 7.06. The standard InChI is InChI=1S/C15H16N6/c16-14-13-15(20-10-8-17-11-20,12-5-2-1-3-6-12)7-4-9-21(13)19-18-14/h1-3,5-6,8,10-11H,4,7,9,16H2. The van der Waals surface area contributed by atoms with Crippen LogP contribution in [0.5, 0.6) is 0 Å². The minimum atomic E-state index is -0.385. The summed E-state index contributed by atoms with van der Waals surface area (Å²) in [6.45, 7) is 0.850. The number of nitrogens with two attached hydrogens (primary N) is 1. The van der Waals surface area contributed by atoms with E-state index in [1.165, 1.54) is 5.56 Å². The van der Waals surface area contributed by atoms with E-state index in [1.807, 2.05) is 35.4 Å². The fraction of sp³-hybridized carbons (Fsp3) is 0.267. The smallest absolute Gasteiger partial charge is 0.172 e. The lowest BCUT2D eigenvalue weighted by molar-refractivity contribution is 0.300. The Morgan fingerprint density at radius 3 is 2.81 bits per heavy atom. The molecule has 106 valence electrons. The predicted octanol–water partition coefficient (Wildman–Crippen LogP) is 1.64. The number of fused-ring (bicyclic) bond motifs is 1. The molecule has 1 aromatic carbocycles. The average molecular weight is 280 g/mol. The van der Waals surface area contributed by atoms with Gasteiger partial charge < -0.3 is 10.3 Å². The summed E-state index contributed by atoms with van der Waals surface area (Å²) in [6.07, 6.45) is 7.58. The van der Waals surface area contributed by atoms with Crippen molar-refractivity contribution >= 4 is 5.82 Å². The van der Waals surface area contributed by atoms with Crippen molar-refractivity contribution in [3.8, 4) is 0 Å². The van der Waals surface area contributed by atoms with E-state index in [-0.39, 0.29) is 5.54 Å². The lowest BCUT2D eigenvalue weighted by Crippen LogP contribution is -2.41. The van der Waals surface area contributed by atoms with Crippen molar-refractivity contribution in [3.63, 3.8) is 0 Å². The number of imidazole rings is 1. The molecule has 6 nitrogen and oxygen atoms in total. The van der Waals surface area contributed by atoms with E-state index in [1.54, 1.807) is 6.20 Å². The normalized spacial score (nSPS) is 21.1. The molecule has 0 amide bonds. The van der Waals surface area contributed by atoms with E-state index in [4.69, 9.17) is 5.73 Å². The Morgan fingerprint density at radius 2 is 2.05 bits per heavy atom. The molecule has 2 aromatic heterocycles. The van der Waals surface area contributed by atoms with Crippen LogP contribution >= 0.6 is 0 Å². The first-order valence-electron chi connectivity index (χ1n) is 7.06. The summed E-state index contributed by atoms with van der Waals surface area (Å²) >= 11 is 0. The van der Waals surface area contributed by atoms with E-state index < -0.39 is 0 Å². The zero-order valence-electron chi connectivity index (χ0n) is 11.6. The van der Waals surface area contributed by atoms with Gasteiger partial charge in [0.15, 0.2) is 5.82 Å². The minimum Gasteiger partial charge on any atom is -0.381 e. The molecule has 0 radical (unpaired) electrons. The van der Waals surface area contributed by atoms with Gasteiger partial charge in [0.05, 0.1) is 6.33 Å². The van der Waals surface area contributed by atoms with Crippen molar-refractivity contribution < 1.29 is 0 Å². The van der Waals surface area contributed by atoms with Gasteiger partial charge in [-0.15, -0.1) is 5.10 Å². The maximum absolute atomic E-state index is 6.15. The Hall–Kier alpha value is -2.63. The summed E-state index contributed by atoms with van der Waals surface area (Å²) in [4.78, 5) is 4.23. The van der Waals surface area contributed by atoms with Crippen LogP contribution in [0.3, 0.4) is 0 Å². The molecule has 3 heterocycles. The van der Waals surface area contributed by atoms with Crippen molar-refractivity contribution in [2.24, 2.45) is 0 Å². The van der Waals surface area contributed by atoms with Crippen LogP contribution in [0, 0.1) is 0 Å². The highest BCUT2D eigenvalue weighted by molar-refractivity contribution is 5.47. The second-order valence-electron chi connectivity index (χ2n) is 5.35. The number of aryl methyl sites for hydroxylation is 1. The quantitative estimate of drug-likeness (QED) is 0.774. The Kier molecular flexibility index (Phi) is 2.57. The van der Waals surface area contributed by atoms with E-state index in [0.29, 0.717) is 5.82 Å². The molecule has 21 heavy (non-hydrogen) atoms. The van der Waals surface area contributed by atoms with Crippen molar-refractivity contribution in [2.45, 2.75) is 24.9 Å². The highest BCUT2D eigenvalue weighted by atomic mass is 15.5. The molecular formula is C15H16N6. The second kappa shape index (κ2) is 4.44. The van der Waals surface area contributed by atoms with E-state index in [0.717, 1.165) is 25.1 Å². The molecule has 2 N–H and O–H groups in total. The monoisotopic (exact) mass is 280 g/mol. The molecule has 0 spiro atoms. The van der Waals surface area contributed by atoms with Crippen molar-refractivity contribution in [1.82, 2.24) is 24.5 Å². The van der Waals surface area contributed by atoms with Gasteiger partial charge in [0, 0.05) is 18.9 Å². The summed E-state index contributed by atoms with van der Waals surface area (Å²) in [5.41, 5.74) is 7.90. The first-order chi connectivity index (χ1) is 10.3. The van der Waals surface area contributed by atoms with Gasteiger partial charge in [-0.05, 0) is 18.4 Å². The number of nitrogens with zero attached hydrogens (tertiary/aromatic N) is 5. The molecular weight excluding hydrogens is 264 g/mol. The number of nitrogen functional groups attached to an aromatic ring is 1. The number of aromatic nitrogens is 5. The largest absolute Gasteiger partial charge is 0.381 e. The summed E-state index contributed by atoms with van der Waals surface area (Å²) in [6, 6.07) is 10.4. The third-order valence-electron chi connectivity index (χ3n) is 4.26. The topological polar surface area (TPSA) is 74.5 Å². The molecule has 1 aliphatic rings. The highest BCUT2D eigenvalue weighted by Crippen LogP contribution is 2.42. The van der Waals surface area contributed by atoms with Crippen LogP contribution in [-0.4, -0.2) is 24.5 Å². The zero-order valence-corrected chi connectivity index (χ0v) is 11.6. The van der Waals surface area contributed by atoms with Crippen LogP contribution in [0.1, 0.15) is 24.1 Å². The van der Waals surface area contributed by atoms with Crippen LogP contribution in [0.4, 0.5) is 5.82 Å². The summed E-state index contributed by atoms with van der Waals surface area (Å²) in [5.74, 6) is 0.493. The van der Waals surface area contributed by atoms with Crippen LogP contribution < -0.4 is 5.73 Å². The van der Waals surface area contributed by atoms with E-state index in [9.17, 15) is 0 Å². The van der Waals surface area contributed by atoms with Gasteiger partial charge in [-0.25, -0.2) is 9.67 Å². The minimum absolute atomic E-state index is 0.385. The van der Waals surface area contributed by atoms with E-state index >= 15 is 0 Å². The molecule has 0 fully saturated rings. The third kappa shape index (κ3) is 1.62. The van der Waals surface area contributed by atoms with Gasteiger partial charge in [-0.2, -0.15) is 0 Å². The fourth-order valence-electron chi connectivity index (χ4n) is 3.39. The van der Waals surface area contributed by atoms with Gasteiger partial charge in [0.25, 0.3) is 0 Å². The maximum Gasteiger partial charge on any atom is 0.172 e. The van der Waals surface area contributed by atoms with Crippen LogP contribution in [0.25, 0.3) is 0 Å². The predicted molar refractivity (Wildman–Crippen MR) is 78.5 cm³/mol. The van der Waals surface area contributed by atoms with Gasteiger partial charge in [0.1, 0.15) is 11.2 Å². The fourth-order valence-corrected chi connectivity index (χ4v) is 3.39. The van der Waals surface area contributed by atoms with E-state index in [2.05, 4.69) is 32.0 Å². The van der Waals surface area contributed by atoms with Crippen molar-refractivity contribution in [3.05, 3.63) is 60.3 Å².